The molecule has 4 rings (SSSR count). The first-order valence-corrected chi connectivity index (χ1v) is 10.4. The van der Waals surface area contributed by atoms with Crippen LogP contribution >= 0.6 is 0 Å². The number of ether oxygens (including phenoxy) is 3. The predicted octanol–water partition coefficient (Wildman–Crippen LogP) is 2.63. The van der Waals surface area contributed by atoms with Gasteiger partial charge < -0.3 is 24.4 Å². The summed E-state index contributed by atoms with van der Waals surface area (Å²) in [6.07, 6.45) is 0. The molecule has 2 aliphatic heterocycles. The number of hydrogen-bond acceptors (Lipinski definition) is 5. The fraction of sp³-hybridized carbons (Fsp3) is 0.435. The van der Waals surface area contributed by atoms with Crippen molar-refractivity contribution in [1.82, 2.24) is 15.1 Å². The van der Waals surface area contributed by atoms with Gasteiger partial charge in [-0.2, -0.15) is 0 Å². The topological polar surface area (TPSA) is 63.3 Å². The van der Waals surface area contributed by atoms with Gasteiger partial charge in [-0.3, -0.25) is 4.90 Å². The zero-order chi connectivity index (χ0) is 20.8. The van der Waals surface area contributed by atoms with Gasteiger partial charge in [-0.15, -0.1) is 0 Å². The molecule has 7 heteroatoms. The standard InChI is InChI=1S/C23H29N3O4/c1-25(16-18-6-7-21-22(14-18)30-13-12-29-21)23(27)24-15-19-4-2-3-5-20(19)17-26-8-10-28-11-9-26/h2-7,14H,8-13,15-17H2,1H3,(H,24,27). The Hall–Kier alpha value is -2.77. The van der Waals surface area contributed by atoms with E-state index in [0.29, 0.717) is 26.3 Å². The van der Waals surface area contributed by atoms with E-state index < -0.39 is 0 Å². The lowest BCUT2D eigenvalue weighted by atomic mass is 10.1. The number of nitrogens with one attached hydrogen (secondary N) is 1. The van der Waals surface area contributed by atoms with Crippen LogP contribution in [0.5, 0.6) is 11.5 Å². The summed E-state index contributed by atoms with van der Waals surface area (Å²) in [6.45, 7) is 6.45. The summed E-state index contributed by atoms with van der Waals surface area (Å²) in [5.74, 6) is 1.50. The highest BCUT2D eigenvalue weighted by molar-refractivity contribution is 5.74. The second-order valence-corrected chi connectivity index (χ2v) is 7.65. The fourth-order valence-corrected chi connectivity index (χ4v) is 3.72. The van der Waals surface area contributed by atoms with Gasteiger partial charge in [0.1, 0.15) is 13.2 Å². The van der Waals surface area contributed by atoms with E-state index in [2.05, 4.69) is 28.4 Å². The number of fused-ring (bicyclic) bond motifs is 1. The summed E-state index contributed by atoms with van der Waals surface area (Å²) in [6, 6.07) is 14.0. The van der Waals surface area contributed by atoms with E-state index in [0.717, 1.165) is 55.5 Å². The van der Waals surface area contributed by atoms with Gasteiger partial charge in [0.05, 0.1) is 13.2 Å². The molecule has 1 N–H and O–H groups in total. The van der Waals surface area contributed by atoms with E-state index >= 15 is 0 Å². The predicted molar refractivity (Wildman–Crippen MR) is 114 cm³/mol. The summed E-state index contributed by atoms with van der Waals surface area (Å²) in [5, 5.41) is 3.05. The Bertz CT molecular complexity index is 867. The Kier molecular flexibility index (Phi) is 6.71. The minimum Gasteiger partial charge on any atom is -0.486 e. The molecule has 0 aliphatic carbocycles. The summed E-state index contributed by atoms with van der Waals surface area (Å²) >= 11 is 0. The van der Waals surface area contributed by atoms with Crippen LogP contribution in [0, 0.1) is 0 Å². The molecule has 0 radical (unpaired) electrons. The number of hydrogen-bond donors (Lipinski definition) is 1. The van der Waals surface area contributed by atoms with Gasteiger partial charge >= 0.3 is 6.03 Å². The molecule has 160 valence electrons. The van der Waals surface area contributed by atoms with Crippen LogP contribution in [-0.2, 0) is 24.4 Å². The second-order valence-electron chi connectivity index (χ2n) is 7.65. The van der Waals surface area contributed by atoms with Gasteiger partial charge in [0, 0.05) is 39.8 Å². The number of carbonyl (C=O) groups is 1. The molecule has 7 nitrogen and oxygen atoms in total. The lowest BCUT2D eigenvalue weighted by Crippen LogP contribution is -2.37. The average molecular weight is 412 g/mol. The first-order valence-electron chi connectivity index (χ1n) is 10.4. The molecule has 0 aromatic heterocycles. The molecule has 0 spiro atoms. The van der Waals surface area contributed by atoms with Crippen LogP contribution in [-0.4, -0.2) is 62.4 Å². The number of morpholine rings is 1. The Morgan fingerprint density at radius 1 is 1.00 bits per heavy atom. The van der Waals surface area contributed by atoms with Crippen LogP contribution in [0.1, 0.15) is 16.7 Å². The average Bonchev–Trinajstić information content (AvgIpc) is 2.79. The Morgan fingerprint density at radius 3 is 2.53 bits per heavy atom. The van der Waals surface area contributed by atoms with Crippen LogP contribution in [0.4, 0.5) is 4.79 Å². The SMILES string of the molecule is CN(Cc1ccc2c(c1)OCCO2)C(=O)NCc1ccccc1CN1CCOCC1. The summed E-state index contributed by atoms with van der Waals surface area (Å²) in [7, 11) is 1.80. The lowest BCUT2D eigenvalue weighted by molar-refractivity contribution is 0.0341. The number of amides is 2. The smallest absolute Gasteiger partial charge is 0.317 e. The zero-order valence-corrected chi connectivity index (χ0v) is 17.4. The molecule has 30 heavy (non-hydrogen) atoms. The summed E-state index contributed by atoms with van der Waals surface area (Å²) in [4.78, 5) is 16.7. The Labute approximate surface area is 177 Å². The summed E-state index contributed by atoms with van der Waals surface area (Å²) in [5.41, 5.74) is 3.39. The first-order chi connectivity index (χ1) is 14.7. The van der Waals surface area contributed by atoms with Crippen LogP contribution in [0.2, 0.25) is 0 Å². The second kappa shape index (κ2) is 9.82. The molecule has 2 aromatic rings. The van der Waals surface area contributed by atoms with Crippen LogP contribution < -0.4 is 14.8 Å². The molecule has 0 bridgehead atoms. The Morgan fingerprint density at radius 2 is 1.73 bits per heavy atom. The highest BCUT2D eigenvalue weighted by Crippen LogP contribution is 2.31. The van der Waals surface area contributed by atoms with Gasteiger partial charge in [0.25, 0.3) is 0 Å². The highest BCUT2D eigenvalue weighted by atomic mass is 16.6. The third kappa shape index (κ3) is 5.23. The third-order valence-electron chi connectivity index (χ3n) is 5.42. The van der Waals surface area contributed by atoms with E-state index in [1.54, 1.807) is 11.9 Å². The molecule has 0 unspecified atom stereocenters. The number of carbonyl (C=O) groups excluding carboxylic acids is 1. The maximum atomic E-state index is 12.6. The van der Waals surface area contributed by atoms with Crippen LogP contribution in [0.3, 0.4) is 0 Å². The van der Waals surface area contributed by atoms with E-state index in [-0.39, 0.29) is 6.03 Å². The molecule has 1 fully saturated rings. The minimum absolute atomic E-state index is 0.105. The maximum absolute atomic E-state index is 12.6. The number of rotatable bonds is 6. The molecule has 2 aromatic carbocycles. The van der Waals surface area contributed by atoms with Gasteiger partial charge in [-0.25, -0.2) is 4.79 Å². The fourth-order valence-electron chi connectivity index (χ4n) is 3.72. The molecule has 2 heterocycles. The van der Waals surface area contributed by atoms with Crippen LogP contribution in [0.15, 0.2) is 42.5 Å². The van der Waals surface area contributed by atoms with Crippen LogP contribution in [0.25, 0.3) is 0 Å². The Balaban J connectivity index is 1.32. The van der Waals surface area contributed by atoms with E-state index in [1.807, 2.05) is 24.3 Å². The van der Waals surface area contributed by atoms with Crippen molar-refractivity contribution in [2.45, 2.75) is 19.6 Å². The van der Waals surface area contributed by atoms with Crippen molar-refractivity contribution >= 4 is 6.03 Å². The third-order valence-corrected chi connectivity index (χ3v) is 5.42. The molecule has 2 amide bonds. The van der Waals surface area contributed by atoms with Gasteiger partial charge in [-0.1, -0.05) is 30.3 Å². The number of nitrogens with zero attached hydrogens (tertiary/aromatic N) is 2. The van der Waals surface area contributed by atoms with Gasteiger partial charge in [-0.05, 0) is 28.8 Å². The molecule has 2 aliphatic rings. The van der Waals surface area contributed by atoms with E-state index in [4.69, 9.17) is 14.2 Å². The van der Waals surface area contributed by atoms with Crippen molar-refractivity contribution in [1.29, 1.82) is 0 Å². The van der Waals surface area contributed by atoms with Gasteiger partial charge in [0.2, 0.25) is 0 Å². The largest absolute Gasteiger partial charge is 0.486 e. The molecular formula is C23H29N3O4. The van der Waals surface area contributed by atoms with Crippen molar-refractivity contribution in [2.24, 2.45) is 0 Å². The quantitative estimate of drug-likeness (QED) is 0.792. The van der Waals surface area contributed by atoms with Crippen molar-refractivity contribution in [2.75, 3.05) is 46.6 Å². The molecule has 0 atom stereocenters. The zero-order valence-electron chi connectivity index (χ0n) is 17.4. The normalized spacial score (nSPS) is 16.2. The molecular weight excluding hydrogens is 382 g/mol. The number of urea groups is 1. The maximum Gasteiger partial charge on any atom is 0.317 e. The highest BCUT2D eigenvalue weighted by Gasteiger charge is 2.16. The van der Waals surface area contributed by atoms with E-state index in [1.165, 1.54) is 5.56 Å². The van der Waals surface area contributed by atoms with Crippen molar-refractivity contribution in [3.05, 3.63) is 59.2 Å². The van der Waals surface area contributed by atoms with Gasteiger partial charge in [0.15, 0.2) is 11.5 Å². The summed E-state index contributed by atoms with van der Waals surface area (Å²) < 4.78 is 16.6. The van der Waals surface area contributed by atoms with Crippen molar-refractivity contribution in [3.8, 4) is 11.5 Å². The van der Waals surface area contributed by atoms with E-state index in [9.17, 15) is 4.79 Å². The minimum atomic E-state index is -0.105. The number of benzene rings is 2. The molecule has 0 saturated carbocycles. The lowest BCUT2D eigenvalue weighted by Gasteiger charge is -2.27. The van der Waals surface area contributed by atoms with Crippen molar-refractivity contribution in [3.63, 3.8) is 0 Å². The van der Waals surface area contributed by atoms with Crippen molar-refractivity contribution < 1.29 is 19.0 Å². The monoisotopic (exact) mass is 411 g/mol. The molecule has 1 saturated heterocycles. The first kappa shape index (κ1) is 20.5.